The predicted molar refractivity (Wildman–Crippen MR) is 61.4 cm³/mol. The van der Waals surface area contributed by atoms with Crippen molar-refractivity contribution >= 4 is 17.4 Å². The lowest BCUT2D eigenvalue weighted by Crippen LogP contribution is -1.95. The van der Waals surface area contributed by atoms with Gasteiger partial charge in [0.1, 0.15) is 18.0 Å². The van der Waals surface area contributed by atoms with E-state index in [1.165, 1.54) is 23.9 Å². The van der Waals surface area contributed by atoms with Gasteiger partial charge in [-0.1, -0.05) is 0 Å². The first kappa shape index (κ1) is 10.9. The van der Waals surface area contributed by atoms with Gasteiger partial charge in [-0.2, -0.15) is 0 Å². The van der Waals surface area contributed by atoms with Gasteiger partial charge in [-0.25, -0.2) is 4.39 Å². The molecule has 1 aromatic carbocycles. The number of hydrogen-bond acceptors (Lipinski definition) is 4. The Bertz CT molecular complexity index is 497. The first-order valence-corrected chi connectivity index (χ1v) is 5.66. The maximum atomic E-state index is 12.8. The summed E-state index contributed by atoms with van der Waals surface area (Å²) in [5, 5.41) is 7.73. The van der Waals surface area contributed by atoms with E-state index < -0.39 is 0 Å². The number of halogens is 1. The molecule has 0 spiro atoms. The van der Waals surface area contributed by atoms with Gasteiger partial charge in [-0.15, -0.1) is 22.0 Å². The number of nitrogens with two attached hydrogens (primary N) is 1. The number of nitrogens with zero attached hydrogens (tertiary/aromatic N) is 3. The fraction of sp³-hybridized carbons (Fsp3) is 0.200. The van der Waals surface area contributed by atoms with Crippen LogP contribution in [-0.2, 0) is 12.8 Å². The summed E-state index contributed by atoms with van der Waals surface area (Å²) in [7, 11) is 1.88. The minimum absolute atomic E-state index is 0.319. The smallest absolute Gasteiger partial charge is 0.142 e. The summed E-state index contributed by atoms with van der Waals surface area (Å²) < 4.78 is 14.6. The standard InChI is InChI=1S/C10H11FN4S/c1-15-6-13-14-10(15)5-16-9-3-2-7(11)4-8(9)12/h2-4,6H,5,12H2,1H3. The van der Waals surface area contributed by atoms with Crippen molar-refractivity contribution in [1.29, 1.82) is 0 Å². The molecule has 0 aliphatic heterocycles. The van der Waals surface area contributed by atoms with Gasteiger partial charge in [0.2, 0.25) is 0 Å². The molecule has 4 nitrogen and oxygen atoms in total. The second-order valence-electron chi connectivity index (χ2n) is 3.33. The molecular formula is C10H11FN4S. The Balaban J connectivity index is 2.08. The van der Waals surface area contributed by atoms with Crippen molar-refractivity contribution in [3.05, 3.63) is 36.2 Å². The second kappa shape index (κ2) is 4.52. The quantitative estimate of drug-likeness (QED) is 0.654. The number of nitrogen functional groups attached to an aromatic ring is 1. The fourth-order valence-corrected chi connectivity index (χ4v) is 2.17. The van der Waals surface area contributed by atoms with E-state index in [-0.39, 0.29) is 5.82 Å². The van der Waals surface area contributed by atoms with Crippen molar-refractivity contribution in [1.82, 2.24) is 14.8 Å². The second-order valence-corrected chi connectivity index (χ2v) is 4.35. The van der Waals surface area contributed by atoms with E-state index in [1.54, 1.807) is 12.4 Å². The molecule has 0 amide bonds. The molecule has 0 unspecified atom stereocenters. The molecule has 2 N–H and O–H groups in total. The molecule has 0 atom stereocenters. The molecule has 0 saturated carbocycles. The van der Waals surface area contributed by atoms with Gasteiger partial charge in [0.25, 0.3) is 0 Å². The van der Waals surface area contributed by atoms with Crippen LogP contribution in [0.15, 0.2) is 29.4 Å². The van der Waals surface area contributed by atoms with Crippen molar-refractivity contribution in [3.63, 3.8) is 0 Å². The molecule has 0 aliphatic carbocycles. The number of aryl methyl sites for hydroxylation is 1. The summed E-state index contributed by atoms with van der Waals surface area (Å²) in [4.78, 5) is 0.851. The predicted octanol–water partition coefficient (Wildman–Crippen LogP) is 1.83. The molecular weight excluding hydrogens is 227 g/mol. The Hall–Kier alpha value is -1.56. The van der Waals surface area contributed by atoms with E-state index in [0.29, 0.717) is 11.4 Å². The molecule has 2 rings (SSSR count). The van der Waals surface area contributed by atoms with E-state index in [2.05, 4.69) is 10.2 Å². The molecule has 0 bridgehead atoms. The number of aromatic nitrogens is 3. The highest BCUT2D eigenvalue weighted by Crippen LogP contribution is 2.27. The summed E-state index contributed by atoms with van der Waals surface area (Å²) in [6, 6.07) is 4.39. The fourth-order valence-electron chi connectivity index (χ4n) is 1.23. The Morgan fingerprint density at radius 2 is 2.31 bits per heavy atom. The van der Waals surface area contributed by atoms with Crippen LogP contribution in [0.2, 0.25) is 0 Å². The van der Waals surface area contributed by atoms with Crippen molar-refractivity contribution in [3.8, 4) is 0 Å². The van der Waals surface area contributed by atoms with Gasteiger partial charge in [-0.3, -0.25) is 0 Å². The van der Waals surface area contributed by atoms with E-state index in [4.69, 9.17) is 5.73 Å². The maximum Gasteiger partial charge on any atom is 0.142 e. The molecule has 84 valence electrons. The Morgan fingerprint density at radius 3 is 2.94 bits per heavy atom. The summed E-state index contributed by atoms with van der Waals surface area (Å²) >= 11 is 1.51. The largest absolute Gasteiger partial charge is 0.398 e. The number of thioether (sulfide) groups is 1. The lowest BCUT2D eigenvalue weighted by atomic mass is 10.3. The van der Waals surface area contributed by atoms with Gasteiger partial charge in [0, 0.05) is 17.6 Å². The summed E-state index contributed by atoms with van der Waals surface area (Å²) in [6.45, 7) is 0. The molecule has 0 aliphatic rings. The zero-order chi connectivity index (χ0) is 11.5. The molecule has 0 fully saturated rings. The zero-order valence-electron chi connectivity index (χ0n) is 8.72. The number of rotatable bonds is 3. The molecule has 1 heterocycles. The lowest BCUT2D eigenvalue weighted by Gasteiger charge is -2.04. The van der Waals surface area contributed by atoms with Crippen LogP contribution >= 0.6 is 11.8 Å². The molecule has 16 heavy (non-hydrogen) atoms. The van der Waals surface area contributed by atoms with E-state index in [1.807, 2.05) is 11.6 Å². The summed E-state index contributed by atoms with van der Waals surface area (Å²) in [6.07, 6.45) is 1.64. The van der Waals surface area contributed by atoms with Gasteiger partial charge < -0.3 is 10.3 Å². The number of benzene rings is 1. The van der Waals surface area contributed by atoms with Gasteiger partial charge >= 0.3 is 0 Å². The van der Waals surface area contributed by atoms with E-state index >= 15 is 0 Å². The van der Waals surface area contributed by atoms with Crippen molar-refractivity contribution in [2.45, 2.75) is 10.6 Å². The van der Waals surface area contributed by atoms with Gasteiger partial charge in [0.05, 0.1) is 5.75 Å². The van der Waals surface area contributed by atoms with Crippen molar-refractivity contribution in [2.24, 2.45) is 7.05 Å². The SMILES string of the molecule is Cn1cnnc1CSc1ccc(F)cc1N. The van der Waals surface area contributed by atoms with Gasteiger partial charge in [-0.05, 0) is 18.2 Å². The maximum absolute atomic E-state index is 12.8. The Kier molecular flexibility index (Phi) is 3.09. The minimum Gasteiger partial charge on any atom is -0.398 e. The van der Waals surface area contributed by atoms with Gasteiger partial charge in [0.15, 0.2) is 0 Å². The minimum atomic E-state index is -0.319. The first-order valence-electron chi connectivity index (χ1n) is 4.67. The summed E-state index contributed by atoms with van der Waals surface area (Å²) in [5.41, 5.74) is 6.15. The molecule has 2 aromatic rings. The first-order chi connectivity index (χ1) is 7.66. The van der Waals surface area contributed by atoms with Crippen molar-refractivity contribution < 1.29 is 4.39 Å². The van der Waals surface area contributed by atoms with Crippen molar-refractivity contribution in [2.75, 3.05) is 5.73 Å². The topological polar surface area (TPSA) is 56.7 Å². The third-order valence-electron chi connectivity index (χ3n) is 2.13. The Labute approximate surface area is 96.7 Å². The highest BCUT2D eigenvalue weighted by atomic mass is 32.2. The van der Waals surface area contributed by atoms with Crippen LogP contribution in [0, 0.1) is 5.82 Å². The average Bonchev–Trinajstić information content (AvgIpc) is 2.63. The molecule has 6 heteroatoms. The average molecular weight is 238 g/mol. The third kappa shape index (κ3) is 2.33. The summed E-state index contributed by atoms with van der Waals surface area (Å²) in [5.74, 6) is 1.20. The molecule has 0 radical (unpaired) electrons. The van der Waals surface area contributed by atoms with Crippen LogP contribution in [0.3, 0.4) is 0 Å². The molecule has 0 saturated heterocycles. The van der Waals surface area contributed by atoms with Crippen LogP contribution in [0.1, 0.15) is 5.82 Å². The third-order valence-corrected chi connectivity index (χ3v) is 3.22. The highest BCUT2D eigenvalue weighted by Gasteiger charge is 2.05. The van der Waals surface area contributed by atoms with E-state index in [9.17, 15) is 4.39 Å². The van der Waals surface area contributed by atoms with Crippen LogP contribution < -0.4 is 5.73 Å². The monoisotopic (exact) mass is 238 g/mol. The Morgan fingerprint density at radius 1 is 1.50 bits per heavy atom. The number of anilines is 1. The zero-order valence-corrected chi connectivity index (χ0v) is 9.54. The number of hydrogen-bond donors (Lipinski definition) is 1. The normalized spacial score (nSPS) is 10.6. The lowest BCUT2D eigenvalue weighted by molar-refractivity contribution is 0.627. The van der Waals surface area contributed by atoms with Crippen LogP contribution in [0.4, 0.5) is 10.1 Å². The van der Waals surface area contributed by atoms with E-state index in [0.717, 1.165) is 10.7 Å². The van der Waals surface area contributed by atoms with Crippen LogP contribution in [0.5, 0.6) is 0 Å². The van der Waals surface area contributed by atoms with Crippen LogP contribution in [-0.4, -0.2) is 14.8 Å². The van der Waals surface area contributed by atoms with Crippen LogP contribution in [0.25, 0.3) is 0 Å². The highest BCUT2D eigenvalue weighted by molar-refractivity contribution is 7.98. The molecule has 1 aromatic heterocycles.